The van der Waals surface area contributed by atoms with Gasteiger partial charge in [-0.05, 0) is 38.2 Å². The van der Waals surface area contributed by atoms with Gasteiger partial charge < -0.3 is 4.74 Å². The van der Waals surface area contributed by atoms with E-state index in [0.717, 1.165) is 29.4 Å². The van der Waals surface area contributed by atoms with Crippen LogP contribution in [0.25, 0.3) is 0 Å². The molecule has 4 atom stereocenters. The van der Waals surface area contributed by atoms with E-state index in [-0.39, 0.29) is 29.5 Å². The highest BCUT2D eigenvalue weighted by atomic mass is 16.5. The van der Waals surface area contributed by atoms with Gasteiger partial charge in [0.2, 0.25) is 0 Å². The van der Waals surface area contributed by atoms with Crippen molar-refractivity contribution in [2.24, 2.45) is 18.9 Å². The first-order valence-electron chi connectivity index (χ1n) is 9.28. The summed E-state index contributed by atoms with van der Waals surface area (Å²) in [6, 6.07) is 0. The predicted molar refractivity (Wildman–Crippen MR) is 99.7 cm³/mol. The van der Waals surface area contributed by atoms with Crippen molar-refractivity contribution in [3.05, 3.63) is 55.4 Å². The maximum absolute atomic E-state index is 12.6. The normalized spacial score (nSPS) is 29.8. The minimum absolute atomic E-state index is 0.0706. The van der Waals surface area contributed by atoms with E-state index in [9.17, 15) is 9.59 Å². The summed E-state index contributed by atoms with van der Waals surface area (Å²) in [4.78, 5) is 25.1. The number of hydrogen-bond donors (Lipinski definition) is 0. The summed E-state index contributed by atoms with van der Waals surface area (Å²) >= 11 is 0. The highest BCUT2D eigenvalue weighted by Crippen LogP contribution is 2.39. The second-order valence-corrected chi connectivity index (χ2v) is 7.79. The number of aromatic nitrogens is 2. The molecule has 3 aliphatic rings. The van der Waals surface area contributed by atoms with Crippen molar-refractivity contribution in [1.29, 1.82) is 0 Å². The molecule has 1 aromatic rings. The van der Waals surface area contributed by atoms with Crippen LogP contribution in [0.4, 0.5) is 0 Å². The number of hydrogen-bond acceptors (Lipinski definition) is 3. The van der Waals surface area contributed by atoms with Crippen LogP contribution >= 0.6 is 0 Å². The molecule has 0 spiro atoms. The summed E-state index contributed by atoms with van der Waals surface area (Å²) in [7, 11) is 1.50. The van der Waals surface area contributed by atoms with E-state index in [0.29, 0.717) is 11.5 Å². The van der Waals surface area contributed by atoms with Crippen molar-refractivity contribution in [3.63, 3.8) is 0 Å². The van der Waals surface area contributed by atoms with Crippen LogP contribution in [0.2, 0.25) is 0 Å². The smallest absolute Gasteiger partial charge is 0.332 e. The topological polar surface area (TPSA) is 53.2 Å². The number of fused-ring (bicyclic) bond motifs is 2. The number of rotatable bonds is 1. The van der Waals surface area contributed by atoms with Gasteiger partial charge in [0.15, 0.2) is 0 Å². The third kappa shape index (κ3) is 2.60. The zero-order chi connectivity index (χ0) is 18.6. The molecule has 5 nitrogen and oxygen atoms in total. The van der Waals surface area contributed by atoms with E-state index < -0.39 is 0 Å². The molecule has 1 saturated heterocycles. The predicted octanol–water partition coefficient (Wildman–Crippen LogP) is 2.51. The molecule has 2 aliphatic carbocycles. The van der Waals surface area contributed by atoms with E-state index in [2.05, 4.69) is 31.8 Å². The third-order valence-electron chi connectivity index (χ3n) is 6.21. The molecular formula is C21H24N2O3. The quantitative estimate of drug-likeness (QED) is 0.730. The molecule has 2 bridgehead atoms. The van der Waals surface area contributed by atoms with Crippen molar-refractivity contribution in [2.45, 2.75) is 52.4 Å². The molecule has 5 heteroatoms. The SMILES string of the molecule is CC1OC(n2cc(C#CC3=C4CCC(=C3)C4)c(=O)n(C)c2=O)C(C)C1C. The van der Waals surface area contributed by atoms with Crippen LogP contribution in [-0.2, 0) is 11.8 Å². The zero-order valence-electron chi connectivity index (χ0n) is 15.7. The van der Waals surface area contributed by atoms with Gasteiger partial charge in [-0.25, -0.2) is 4.79 Å². The molecule has 4 rings (SSSR count). The molecule has 1 aliphatic heterocycles. The molecule has 136 valence electrons. The number of nitrogens with zero attached hydrogens (tertiary/aromatic N) is 2. The Morgan fingerprint density at radius 3 is 2.46 bits per heavy atom. The fraction of sp³-hybridized carbons (Fsp3) is 0.524. The van der Waals surface area contributed by atoms with Crippen LogP contribution < -0.4 is 11.2 Å². The lowest BCUT2D eigenvalue weighted by Crippen LogP contribution is -2.41. The Kier molecular flexibility index (Phi) is 4.04. The molecule has 4 unspecified atom stereocenters. The van der Waals surface area contributed by atoms with Crippen LogP contribution in [-0.4, -0.2) is 15.2 Å². The Morgan fingerprint density at radius 1 is 1.12 bits per heavy atom. The van der Waals surface area contributed by atoms with Crippen molar-refractivity contribution in [3.8, 4) is 11.8 Å². The Balaban J connectivity index is 1.76. The second kappa shape index (κ2) is 6.14. The molecule has 2 fully saturated rings. The maximum atomic E-state index is 12.6. The van der Waals surface area contributed by atoms with E-state index >= 15 is 0 Å². The second-order valence-electron chi connectivity index (χ2n) is 7.79. The lowest BCUT2D eigenvalue weighted by Gasteiger charge is -2.19. The highest BCUT2D eigenvalue weighted by Gasteiger charge is 2.38. The molecule has 1 aromatic heterocycles. The molecular weight excluding hydrogens is 328 g/mol. The van der Waals surface area contributed by atoms with Crippen LogP contribution in [0.15, 0.2) is 38.6 Å². The van der Waals surface area contributed by atoms with Gasteiger partial charge >= 0.3 is 5.69 Å². The van der Waals surface area contributed by atoms with Gasteiger partial charge in [0, 0.05) is 24.7 Å². The van der Waals surface area contributed by atoms with Crippen molar-refractivity contribution in [1.82, 2.24) is 9.13 Å². The number of ether oxygens (including phenoxy) is 1. The van der Waals surface area contributed by atoms with Crippen molar-refractivity contribution >= 4 is 0 Å². The molecule has 0 amide bonds. The first kappa shape index (κ1) is 17.1. The van der Waals surface area contributed by atoms with Gasteiger partial charge in [0.1, 0.15) is 11.8 Å². The Hall–Kier alpha value is -2.32. The fourth-order valence-electron chi connectivity index (χ4n) is 4.11. The van der Waals surface area contributed by atoms with Crippen LogP contribution in [0.5, 0.6) is 0 Å². The van der Waals surface area contributed by atoms with Crippen LogP contribution in [0, 0.1) is 23.7 Å². The van der Waals surface area contributed by atoms with Gasteiger partial charge in [-0.15, -0.1) is 0 Å². The summed E-state index contributed by atoms with van der Waals surface area (Å²) in [5.74, 6) is 6.68. The summed E-state index contributed by atoms with van der Waals surface area (Å²) in [5.41, 5.74) is 3.46. The summed E-state index contributed by atoms with van der Waals surface area (Å²) in [6.07, 6.45) is 6.67. The molecule has 0 N–H and O–H groups in total. The maximum Gasteiger partial charge on any atom is 0.332 e. The van der Waals surface area contributed by atoms with E-state index in [4.69, 9.17) is 4.74 Å². The van der Waals surface area contributed by atoms with Gasteiger partial charge in [-0.3, -0.25) is 13.9 Å². The van der Waals surface area contributed by atoms with Crippen LogP contribution in [0.3, 0.4) is 0 Å². The highest BCUT2D eigenvalue weighted by molar-refractivity contribution is 5.55. The standard InChI is InChI=1S/C21H24N2O3/c1-12-13(2)20(26-14(12)3)23-11-18(19(24)22(4)21(23)25)8-7-17-10-15-5-6-16(17)9-15/h10-14,20H,5-6,9H2,1-4H3. The third-order valence-corrected chi connectivity index (χ3v) is 6.21. The summed E-state index contributed by atoms with van der Waals surface area (Å²) < 4.78 is 8.67. The Labute approximate surface area is 153 Å². The van der Waals surface area contributed by atoms with Gasteiger partial charge in [-0.2, -0.15) is 0 Å². The molecule has 1 saturated carbocycles. The average molecular weight is 352 g/mol. The molecule has 2 heterocycles. The van der Waals surface area contributed by atoms with E-state index in [1.54, 1.807) is 6.20 Å². The Bertz CT molecular complexity index is 1010. The first-order chi connectivity index (χ1) is 12.4. The first-order valence-corrected chi connectivity index (χ1v) is 9.28. The average Bonchev–Trinajstić information content (AvgIpc) is 3.31. The van der Waals surface area contributed by atoms with Gasteiger partial charge in [0.25, 0.3) is 5.56 Å². The minimum Gasteiger partial charge on any atom is -0.354 e. The lowest BCUT2D eigenvalue weighted by molar-refractivity contribution is -0.00833. The molecule has 0 aromatic carbocycles. The Morgan fingerprint density at radius 2 is 1.88 bits per heavy atom. The lowest BCUT2D eigenvalue weighted by atomic mass is 9.93. The monoisotopic (exact) mass is 352 g/mol. The van der Waals surface area contributed by atoms with E-state index in [1.807, 2.05) is 6.92 Å². The summed E-state index contributed by atoms with van der Waals surface area (Å²) in [6.45, 7) is 6.22. The zero-order valence-corrected chi connectivity index (χ0v) is 15.7. The summed E-state index contributed by atoms with van der Waals surface area (Å²) in [5, 5.41) is 0. The van der Waals surface area contributed by atoms with Gasteiger partial charge in [0.05, 0.1) is 6.10 Å². The van der Waals surface area contributed by atoms with E-state index in [1.165, 1.54) is 22.8 Å². The molecule has 0 radical (unpaired) electrons. The van der Waals surface area contributed by atoms with Crippen molar-refractivity contribution < 1.29 is 4.74 Å². The van der Waals surface area contributed by atoms with Crippen molar-refractivity contribution in [2.75, 3.05) is 0 Å². The number of allylic oxidation sites excluding steroid dienone is 4. The van der Waals surface area contributed by atoms with Crippen LogP contribution in [0.1, 0.15) is 51.8 Å². The molecule has 26 heavy (non-hydrogen) atoms. The minimum atomic E-state index is -0.369. The fourth-order valence-corrected chi connectivity index (χ4v) is 4.11. The largest absolute Gasteiger partial charge is 0.354 e. The van der Waals surface area contributed by atoms with Gasteiger partial charge in [-0.1, -0.05) is 36.8 Å².